The smallest absolute Gasteiger partial charge is 0.504 e. The molecule has 8 bridgehead atoms. The number of phenols is 2. The van der Waals surface area contributed by atoms with Gasteiger partial charge in [0, 0.05) is 101 Å². The second kappa shape index (κ2) is 34.0. The standard InChI is InChI=1S/C45H50N4O12S.C44H51N3O13S.3CH4/c1-20-12-24-13-26-27(16-46)49-28-17-56-42(52)45(25-15-30(54-8)29(51)14-23(25)10-11-47-45)18-62-41(33-32(28)39-38(57-19-58-39)21(2)37(33)59-22(3)50)35(49)34(48(26)7)31(24)40(36(20)55-9)60-43(53)61-44(4,5)6;1-19-12-23-13-25-40(50)47-26-16-55-41(51)44(24-15-28(53-8)27(49)14-22(24)10-11-45-44)17-61-39(31-30(26)37-36(56-18-57-37)20(2)35(31)58-21(3)48)33(47)32(46(25)7)29(23)38(34(19)54-9)59-42(52)60-43(4,5)6;;;/h12,14-15,26-28,34-35,41,47,51H,10-11,13,17-19H2,1-9H3;12,14-15,25-26,32-33,39-40,45,49-50H,10-11,13,16-18H2,1-9H3;3*1H4/t26-,27-,28-,34+,35?,41+,45+;25-,26-,32+,33?,39+,40-,44+;;;/m00.../s1. The Labute approximate surface area is 741 Å². The van der Waals surface area contributed by atoms with Crippen molar-refractivity contribution in [1.82, 2.24) is 30.2 Å². The molecule has 34 heteroatoms. The average Bonchev–Trinajstić information content (AvgIpc) is 1.76. The van der Waals surface area contributed by atoms with Crippen molar-refractivity contribution in [3.8, 4) is 86.6 Å². The second-order valence-electron chi connectivity index (χ2n) is 35.1. The Morgan fingerprint density at radius 1 is 0.516 bits per heavy atom. The number of methoxy groups -OCH3 is 4. The molecule has 0 saturated carbocycles. The number of piperazine rings is 2. The molecular weight excluding hydrogens is 1670 g/mol. The molecule has 6 aromatic rings. The maximum atomic E-state index is 14.9. The van der Waals surface area contributed by atoms with Crippen LogP contribution in [0.5, 0.6) is 80.5 Å². The molecule has 0 radical (unpaired) electrons. The van der Waals surface area contributed by atoms with Gasteiger partial charge in [-0.2, -0.15) is 5.26 Å². The van der Waals surface area contributed by atoms with E-state index in [-0.39, 0.29) is 101 Å². The number of ether oxygens (including phenoxy) is 16. The fourth-order valence-electron chi connectivity index (χ4n) is 21.0. The summed E-state index contributed by atoms with van der Waals surface area (Å²) < 4.78 is 96.8. The maximum absolute atomic E-state index is 14.9. The number of aliphatic hydroxyl groups is 1. The average molecular weight is 1780 g/mol. The highest BCUT2D eigenvalue weighted by Crippen LogP contribution is 2.68. The number of phenolic OH excluding ortho intramolecular Hbond substituents is 2. The molecule has 14 atom stereocenters. The third-order valence-electron chi connectivity index (χ3n) is 25.8. The zero-order valence-corrected chi connectivity index (χ0v) is 73.4. The zero-order valence-electron chi connectivity index (χ0n) is 71.8. The summed E-state index contributed by atoms with van der Waals surface area (Å²) in [5.41, 5.74) is 6.40. The normalized spacial score (nSPS) is 26.7. The number of rotatable bonds is 8. The number of carbonyl (C=O) groups excluding carboxylic acids is 6. The van der Waals surface area contributed by atoms with Crippen LogP contribution in [0, 0.1) is 39.0 Å². The van der Waals surface area contributed by atoms with E-state index in [1.165, 1.54) is 65.8 Å². The molecule has 2 spiro atoms. The summed E-state index contributed by atoms with van der Waals surface area (Å²) in [6.45, 7) is 20.8. The molecule has 2 unspecified atom stereocenters. The lowest BCUT2D eigenvalue weighted by Crippen LogP contribution is -2.70. The van der Waals surface area contributed by atoms with E-state index in [4.69, 9.17) is 75.8 Å². The number of likely N-dealkylation sites (N-methyl/N-ethyl adjacent to an activating group) is 2. The van der Waals surface area contributed by atoms with E-state index in [0.29, 0.717) is 140 Å². The number of nitriles is 1. The van der Waals surface area contributed by atoms with Crippen molar-refractivity contribution in [1.29, 1.82) is 5.26 Å². The number of carbonyl (C=O) groups is 6. The Bertz CT molecular complexity index is 5490. The SMILES string of the molecule is C.C.C.COc1cc2c(cc1O)CCN[C@]21CS[C@@H]2c3c(OC(C)=O)c(C)c4c(c3[C@H](COC1=O)N1C2[C@H]2c3c(cc(C)c(OC)c3OC(=O)OC(C)(C)C)C[C@@H]([C@@H]1C#N)N2C)OCO4.COc1cc2c(cc1O)CCN[C@]21CS[C@@H]2c3c(OC(C)=O)c(C)c4c(c3[C@H](COC1=O)N1C2[C@H]2c3c(cc(C)c(OC)c3OC(=O)OC(C)(C)C)C[C@@H]([C@@H]1O)N2C)OCO4. The van der Waals surface area contributed by atoms with Gasteiger partial charge in [0.25, 0.3) is 0 Å². The molecule has 0 amide bonds. The molecule has 32 nitrogen and oxygen atoms in total. The van der Waals surface area contributed by atoms with Gasteiger partial charge < -0.3 is 91.1 Å². The molecule has 14 aliphatic heterocycles. The number of nitrogens with zero attached hydrogens (tertiary/aromatic N) is 5. The quantitative estimate of drug-likeness (QED) is 0.0409. The van der Waals surface area contributed by atoms with Gasteiger partial charge in [-0.3, -0.25) is 39.8 Å². The first-order chi connectivity index (χ1) is 58.5. The van der Waals surface area contributed by atoms with Crippen LogP contribution in [0.4, 0.5) is 9.59 Å². The Morgan fingerprint density at radius 3 is 1.31 bits per heavy atom. The summed E-state index contributed by atoms with van der Waals surface area (Å²) in [6, 6.07) is 7.61. The number of aryl methyl sites for hydroxylation is 2. The summed E-state index contributed by atoms with van der Waals surface area (Å²) in [4.78, 5) is 91.6. The molecule has 4 fully saturated rings. The van der Waals surface area contributed by atoms with Crippen LogP contribution in [0.2, 0.25) is 0 Å². The van der Waals surface area contributed by atoms with Gasteiger partial charge in [-0.25, -0.2) is 19.2 Å². The van der Waals surface area contributed by atoms with Gasteiger partial charge in [0.05, 0.1) is 75.2 Å². The summed E-state index contributed by atoms with van der Waals surface area (Å²) in [5.74, 6) is 1.75. The fourth-order valence-corrected chi connectivity index (χ4v) is 24.4. The van der Waals surface area contributed by atoms with Crippen LogP contribution in [0.25, 0.3) is 0 Å². The zero-order chi connectivity index (χ0) is 87.6. The van der Waals surface area contributed by atoms with Gasteiger partial charge in [-0.15, -0.1) is 23.5 Å². The van der Waals surface area contributed by atoms with Crippen LogP contribution in [0.15, 0.2) is 36.4 Å². The van der Waals surface area contributed by atoms with Crippen molar-refractivity contribution in [3.63, 3.8) is 0 Å². The van der Waals surface area contributed by atoms with E-state index in [1.807, 2.05) is 58.8 Å². The van der Waals surface area contributed by atoms with Crippen LogP contribution >= 0.6 is 23.5 Å². The van der Waals surface area contributed by atoms with Gasteiger partial charge in [-0.05, 0) is 178 Å². The molecular formula is C92H113N7O25S2. The number of nitrogens with one attached hydrogen (secondary N) is 2. The first kappa shape index (κ1) is 91.8. The molecule has 678 valence electrons. The van der Waals surface area contributed by atoms with Crippen molar-refractivity contribution in [2.24, 2.45) is 0 Å². The van der Waals surface area contributed by atoms with E-state index in [1.54, 1.807) is 65.8 Å². The minimum atomic E-state index is -1.41. The summed E-state index contributed by atoms with van der Waals surface area (Å²) in [5, 5.41) is 51.5. The van der Waals surface area contributed by atoms with E-state index in [2.05, 4.69) is 31.4 Å². The molecule has 4 saturated heterocycles. The molecule has 6 aromatic carbocycles. The topological polar surface area (TPSA) is 372 Å². The Morgan fingerprint density at radius 2 is 0.913 bits per heavy atom. The molecule has 20 rings (SSSR count). The summed E-state index contributed by atoms with van der Waals surface area (Å²) >= 11 is 2.89. The molecule has 14 heterocycles. The van der Waals surface area contributed by atoms with Gasteiger partial charge >= 0.3 is 36.2 Å². The highest BCUT2D eigenvalue weighted by molar-refractivity contribution is 7.99. The number of fused-ring (bicyclic) bond motifs is 18. The van der Waals surface area contributed by atoms with E-state index in [0.717, 1.165) is 33.4 Å². The van der Waals surface area contributed by atoms with E-state index >= 15 is 0 Å². The minimum absolute atomic E-state index is 0. The fraction of sp³-hybridized carbons (Fsp3) is 0.533. The van der Waals surface area contributed by atoms with Crippen LogP contribution < -0.4 is 67.5 Å². The largest absolute Gasteiger partial charge is 0.514 e. The van der Waals surface area contributed by atoms with Gasteiger partial charge in [-0.1, -0.05) is 34.4 Å². The molecule has 0 aliphatic carbocycles. The maximum Gasteiger partial charge on any atom is 0.514 e. The van der Waals surface area contributed by atoms with Gasteiger partial charge in [0.15, 0.2) is 80.1 Å². The van der Waals surface area contributed by atoms with Crippen LogP contribution in [-0.4, -0.2) is 213 Å². The lowest BCUT2D eigenvalue weighted by Gasteiger charge is -2.62. The predicted molar refractivity (Wildman–Crippen MR) is 463 cm³/mol. The van der Waals surface area contributed by atoms with Crippen LogP contribution in [-0.2, 0) is 74.9 Å². The third-order valence-corrected chi connectivity index (χ3v) is 28.8. The van der Waals surface area contributed by atoms with E-state index < -0.39 is 124 Å². The van der Waals surface area contributed by atoms with Crippen LogP contribution in [0.1, 0.15) is 201 Å². The van der Waals surface area contributed by atoms with Crippen molar-refractivity contribution >= 4 is 59.7 Å². The van der Waals surface area contributed by atoms with Crippen molar-refractivity contribution < 1.29 is 120 Å². The Balaban J connectivity index is 0.000000200. The number of thioether (sulfide) groups is 2. The van der Waals surface area contributed by atoms with Crippen molar-refractivity contribution in [2.45, 2.75) is 224 Å². The van der Waals surface area contributed by atoms with Gasteiger partial charge in [0.1, 0.15) is 48.2 Å². The first-order valence-corrected chi connectivity index (χ1v) is 43.1. The number of aliphatic hydroxyl groups excluding tert-OH is 1. The van der Waals surface area contributed by atoms with Crippen molar-refractivity contribution in [2.75, 3.05) is 93.9 Å². The second-order valence-corrected chi connectivity index (χ2v) is 37.4. The number of hydrogen-bond acceptors (Lipinski definition) is 34. The third kappa shape index (κ3) is 14.7. The number of benzene rings is 6. The van der Waals surface area contributed by atoms with Crippen LogP contribution in [0.3, 0.4) is 0 Å². The highest BCUT2D eigenvalue weighted by atomic mass is 32.2. The number of esters is 4. The molecule has 5 N–H and O–H groups in total. The molecule has 14 aliphatic rings. The predicted octanol–water partition coefficient (Wildman–Crippen LogP) is 12.5. The Kier molecular flexibility index (Phi) is 24.8. The van der Waals surface area contributed by atoms with Gasteiger partial charge in [0.2, 0.25) is 13.6 Å². The number of aromatic hydroxyl groups is 2. The first-order valence-electron chi connectivity index (χ1n) is 41.0. The lowest BCUT2D eigenvalue weighted by atomic mass is 9.71. The minimum Gasteiger partial charge on any atom is -0.504 e. The highest BCUT2D eigenvalue weighted by Gasteiger charge is 2.65. The lowest BCUT2D eigenvalue weighted by molar-refractivity contribution is -0.186. The summed E-state index contributed by atoms with van der Waals surface area (Å²) in [6.07, 6.45) is -1.05. The summed E-state index contributed by atoms with van der Waals surface area (Å²) in [7, 11) is 9.87. The number of hydrogen-bond donors (Lipinski definition) is 5. The van der Waals surface area contributed by atoms with E-state index in [9.17, 15) is 49.3 Å². The molecule has 0 aromatic heterocycles. The monoisotopic (exact) mass is 1780 g/mol. The molecule has 126 heavy (non-hydrogen) atoms. The Hall–Kier alpha value is -10.3. The van der Waals surface area contributed by atoms with Crippen molar-refractivity contribution in [3.05, 3.63) is 125 Å².